The molecule has 1 saturated heterocycles. The molecule has 0 radical (unpaired) electrons. The van der Waals surface area contributed by atoms with E-state index in [1.54, 1.807) is 0 Å². The molecule has 14 heavy (non-hydrogen) atoms. The topological polar surface area (TPSA) is 159 Å². The molecule has 0 unspecified atom stereocenters. The van der Waals surface area contributed by atoms with Gasteiger partial charge in [0.2, 0.25) is 0 Å². The van der Waals surface area contributed by atoms with Crippen molar-refractivity contribution in [2.24, 2.45) is 0 Å². The minimum absolute atomic E-state index is 0. The molecule has 5 atom stereocenters. The highest BCUT2D eigenvalue weighted by atomic mass is 16.6. The van der Waals surface area contributed by atoms with Gasteiger partial charge in [0.05, 0.1) is 0 Å². The van der Waals surface area contributed by atoms with E-state index in [0.717, 1.165) is 0 Å². The van der Waals surface area contributed by atoms with Crippen LogP contribution in [-0.2, 0) is 9.53 Å². The second kappa shape index (κ2) is 4.64. The number of aliphatic carboxylic acids is 1. The fourth-order valence-corrected chi connectivity index (χ4v) is 1.07. The molecule has 8 heteroatoms. The number of hydrogen-bond acceptors (Lipinski definition) is 6. The Morgan fingerprint density at radius 2 is 1.50 bits per heavy atom. The van der Waals surface area contributed by atoms with Crippen LogP contribution in [0.3, 0.4) is 0 Å². The summed E-state index contributed by atoms with van der Waals surface area (Å²) >= 11 is 0. The van der Waals surface area contributed by atoms with Crippen molar-refractivity contribution in [2.45, 2.75) is 30.7 Å². The molecule has 7 N–H and O–H groups in total. The van der Waals surface area contributed by atoms with Gasteiger partial charge in [-0.25, -0.2) is 4.79 Å². The third-order valence-electron chi connectivity index (χ3n) is 1.83. The first-order chi connectivity index (χ1) is 5.95. The van der Waals surface area contributed by atoms with E-state index >= 15 is 0 Å². The van der Waals surface area contributed by atoms with E-state index in [4.69, 9.17) is 25.5 Å². The standard InChI is InChI=1S/C6H10O7.H2O/c7-1-2(8)4(5(10)11)13-6(12)3(1)9;/h1-4,6-9,12H,(H,10,11);1H2/t1-,2-,3+,4-,6+;/m0./s1. The summed E-state index contributed by atoms with van der Waals surface area (Å²) in [6.07, 6.45) is -8.72. The van der Waals surface area contributed by atoms with Gasteiger partial charge >= 0.3 is 5.97 Å². The summed E-state index contributed by atoms with van der Waals surface area (Å²) in [7, 11) is 0. The monoisotopic (exact) mass is 212 g/mol. The third kappa shape index (κ3) is 2.18. The molecular weight excluding hydrogens is 200 g/mol. The molecule has 1 rings (SSSR count). The van der Waals surface area contributed by atoms with Gasteiger partial charge in [0, 0.05) is 0 Å². The van der Waals surface area contributed by atoms with Crippen LogP contribution >= 0.6 is 0 Å². The molecule has 1 fully saturated rings. The Morgan fingerprint density at radius 3 is 1.93 bits per heavy atom. The number of aliphatic hydroxyl groups excluding tert-OH is 4. The summed E-state index contributed by atoms with van der Waals surface area (Å²) in [6, 6.07) is 0. The van der Waals surface area contributed by atoms with Crippen LogP contribution in [0.5, 0.6) is 0 Å². The first-order valence-corrected chi connectivity index (χ1v) is 3.55. The van der Waals surface area contributed by atoms with Crippen molar-refractivity contribution in [3.63, 3.8) is 0 Å². The van der Waals surface area contributed by atoms with Crippen LogP contribution in [0, 0.1) is 0 Å². The molecule has 0 aromatic heterocycles. The maximum atomic E-state index is 10.4. The summed E-state index contributed by atoms with van der Waals surface area (Å²) in [5.41, 5.74) is 0. The fourth-order valence-electron chi connectivity index (χ4n) is 1.07. The molecule has 0 aliphatic carbocycles. The zero-order chi connectivity index (χ0) is 10.2. The molecule has 0 amide bonds. The van der Waals surface area contributed by atoms with Crippen molar-refractivity contribution in [2.75, 3.05) is 0 Å². The van der Waals surface area contributed by atoms with Crippen molar-refractivity contribution < 1.29 is 40.5 Å². The van der Waals surface area contributed by atoms with Gasteiger partial charge in [0.1, 0.15) is 18.3 Å². The van der Waals surface area contributed by atoms with Crippen LogP contribution in [0.15, 0.2) is 0 Å². The highest BCUT2D eigenvalue weighted by Gasteiger charge is 2.46. The Balaban J connectivity index is 0.00000169. The Kier molecular flexibility index (Phi) is 4.39. The number of ether oxygens (including phenoxy) is 1. The van der Waals surface area contributed by atoms with Crippen LogP contribution < -0.4 is 0 Å². The van der Waals surface area contributed by atoms with Crippen LogP contribution in [0.4, 0.5) is 0 Å². The zero-order valence-corrected chi connectivity index (χ0v) is 6.94. The highest BCUT2D eigenvalue weighted by Crippen LogP contribution is 2.19. The Hall–Kier alpha value is -0.770. The average molecular weight is 212 g/mol. The quantitative estimate of drug-likeness (QED) is 0.296. The van der Waals surface area contributed by atoms with E-state index in [-0.39, 0.29) is 5.48 Å². The molecule has 0 aromatic carbocycles. The van der Waals surface area contributed by atoms with Gasteiger partial charge < -0.3 is 35.7 Å². The molecule has 0 aromatic rings. The number of carboxylic acids is 1. The van der Waals surface area contributed by atoms with Crippen molar-refractivity contribution in [3.05, 3.63) is 0 Å². The smallest absolute Gasteiger partial charge is 0.335 e. The number of rotatable bonds is 1. The number of hydrogen-bond donors (Lipinski definition) is 5. The second-order valence-electron chi connectivity index (χ2n) is 2.76. The van der Waals surface area contributed by atoms with Crippen molar-refractivity contribution >= 4 is 5.97 Å². The highest BCUT2D eigenvalue weighted by molar-refractivity contribution is 5.73. The summed E-state index contributed by atoms with van der Waals surface area (Å²) in [6.45, 7) is 0. The van der Waals surface area contributed by atoms with Gasteiger partial charge in [-0.05, 0) is 0 Å². The van der Waals surface area contributed by atoms with E-state index < -0.39 is 36.7 Å². The third-order valence-corrected chi connectivity index (χ3v) is 1.83. The van der Waals surface area contributed by atoms with Crippen LogP contribution in [0.25, 0.3) is 0 Å². The average Bonchev–Trinajstić information content (AvgIpc) is 2.07. The minimum Gasteiger partial charge on any atom is -0.479 e. The maximum absolute atomic E-state index is 10.4. The molecule has 0 bridgehead atoms. The van der Waals surface area contributed by atoms with Gasteiger partial charge in [-0.3, -0.25) is 0 Å². The van der Waals surface area contributed by atoms with E-state index in [1.165, 1.54) is 0 Å². The van der Waals surface area contributed by atoms with Crippen LogP contribution in [-0.4, -0.2) is 67.7 Å². The molecular formula is C6H12O8. The first kappa shape index (κ1) is 13.2. The largest absolute Gasteiger partial charge is 0.479 e. The number of aliphatic hydroxyl groups is 4. The fraction of sp³-hybridized carbons (Fsp3) is 0.833. The molecule has 0 spiro atoms. The second-order valence-corrected chi connectivity index (χ2v) is 2.76. The lowest BCUT2D eigenvalue weighted by molar-refractivity contribution is -0.279. The lowest BCUT2D eigenvalue weighted by Gasteiger charge is -2.36. The Bertz CT molecular complexity index is 206. The molecule has 1 heterocycles. The van der Waals surface area contributed by atoms with Crippen LogP contribution in [0.1, 0.15) is 0 Å². The Labute approximate surface area is 78.3 Å². The zero-order valence-electron chi connectivity index (χ0n) is 6.94. The van der Waals surface area contributed by atoms with Gasteiger partial charge in [0.15, 0.2) is 12.4 Å². The predicted molar refractivity (Wildman–Crippen MR) is 40.1 cm³/mol. The van der Waals surface area contributed by atoms with Gasteiger partial charge in [-0.2, -0.15) is 0 Å². The van der Waals surface area contributed by atoms with Gasteiger partial charge in [-0.1, -0.05) is 0 Å². The summed E-state index contributed by atoms with van der Waals surface area (Å²) in [5.74, 6) is -1.52. The molecule has 1 aliphatic rings. The van der Waals surface area contributed by atoms with E-state index in [9.17, 15) is 4.79 Å². The first-order valence-electron chi connectivity index (χ1n) is 3.55. The lowest BCUT2D eigenvalue weighted by Crippen LogP contribution is -2.59. The van der Waals surface area contributed by atoms with Crippen LogP contribution in [0.2, 0.25) is 0 Å². The van der Waals surface area contributed by atoms with E-state index in [1.807, 2.05) is 0 Å². The molecule has 84 valence electrons. The van der Waals surface area contributed by atoms with E-state index in [2.05, 4.69) is 4.74 Å². The minimum atomic E-state index is -1.81. The molecule has 1 aliphatic heterocycles. The SMILES string of the molecule is O.O=C(O)[C@H]1O[C@@H](O)[C@H](O)[C@@H](O)[C@@H]1O. The molecule has 0 saturated carbocycles. The van der Waals surface area contributed by atoms with Crippen molar-refractivity contribution in [1.82, 2.24) is 0 Å². The predicted octanol–water partition coefficient (Wildman–Crippen LogP) is -3.95. The number of carbonyl (C=O) groups is 1. The van der Waals surface area contributed by atoms with Gasteiger partial charge in [-0.15, -0.1) is 0 Å². The summed E-state index contributed by atoms with van der Waals surface area (Å²) < 4.78 is 4.34. The lowest BCUT2D eigenvalue weighted by atomic mass is 9.99. The van der Waals surface area contributed by atoms with Crippen molar-refractivity contribution in [3.8, 4) is 0 Å². The molecule has 8 nitrogen and oxygen atoms in total. The number of carboxylic acid groups (broad SMARTS) is 1. The van der Waals surface area contributed by atoms with Crippen molar-refractivity contribution in [1.29, 1.82) is 0 Å². The normalized spacial score (nSPS) is 42.7. The van der Waals surface area contributed by atoms with Gasteiger partial charge in [0.25, 0.3) is 0 Å². The summed E-state index contributed by atoms with van der Waals surface area (Å²) in [5, 5.41) is 44.4. The summed E-state index contributed by atoms with van der Waals surface area (Å²) in [4.78, 5) is 10.4. The Morgan fingerprint density at radius 1 is 1.00 bits per heavy atom. The maximum Gasteiger partial charge on any atom is 0.335 e. The van der Waals surface area contributed by atoms with E-state index in [0.29, 0.717) is 0 Å².